The van der Waals surface area contributed by atoms with Crippen LogP contribution in [0.15, 0.2) is 48.5 Å². The highest BCUT2D eigenvalue weighted by Crippen LogP contribution is 2.55. The summed E-state index contributed by atoms with van der Waals surface area (Å²) in [7, 11) is 1.76. The molecule has 180 valence electrons. The molecule has 1 atom stereocenters. The van der Waals surface area contributed by atoms with Crippen molar-refractivity contribution in [2.45, 2.75) is 25.0 Å². The molecule has 7 nitrogen and oxygen atoms in total. The number of nitrogens with zero attached hydrogens (tertiary/aromatic N) is 2. The van der Waals surface area contributed by atoms with E-state index in [1.54, 1.807) is 11.9 Å². The molecule has 34 heavy (non-hydrogen) atoms. The van der Waals surface area contributed by atoms with E-state index in [4.69, 9.17) is 9.84 Å². The van der Waals surface area contributed by atoms with E-state index in [9.17, 15) is 9.59 Å². The third kappa shape index (κ3) is 4.16. The number of amides is 1. The molecule has 0 radical (unpaired) electrons. The van der Waals surface area contributed by atoms with Crippen molar-refractivity contribution in [3.63, 3.8) is 0 Å². The monoisotopic (exact) mass is 481 g/mol. The first-order valence-corrected chi connectivity index (χ1v) is 12.0. The van der Waals surface area contributed by atoms with Crippen LogP contribution in [0.3, 0.4) is 0 Å². The maximum atomic E-state index is 12.5. The lowest BCUT2D eigenvalue weighted by molar-refractivity contribution is -0.135. The lowest BCUT2D eigenvalue weighted by atomic mass is 9.77. The lowest BCUT2D eigenvalue weighted by Gasteiger charge is -2.39. The van der Waals surface area contributed by atoms with Crippen molar-refractivity contribution in [2.75, 3.05) is 48.8 Å². The molecule has 0 spiro atoms. The Hall–Kier alpha value is -2.97. The maximum Gasteiger partial charge on any atom is 0.323 e. The number of nitrogens with one attached hydrogen (secondary N) is 1. The lowest BCUT2D eigenvalue weighted by Crippen LogP contribution is -2.51. The number of anilines is 2. The van der Waals surface area contributed by atoms with Crippen LogP contribution in [0.4, 0.5) is 11.4 Å². The number of carbonyl (C=O) groups is 2. The first-order valence-electron chi connectivity index (χ1n) is 11.4. The van der Waals surface area contributed by atoms with Crippen LogP contribution in [0.2, 0.25) is 0 Å². The first kappa shape index (κ1) is 24.2. The molecule has 1 saturated heterocycles. The van der Waals surface area contributed by atoms with Gasteiger partial charge < -0.3 is 25.0 Å². The molecule has 2 heterocycles. The van der Waals surface area contributed by atoms with Crippen LogP contribution in [-0.2, 0) is 14.9 Å². The number of hydrogen-bond acceptors (Lipinski definition) is 6. The molecular formula is C26H31N3O4S. The zero-order chi connectivity index (χ0) is 24.5. The van der Waals surface area contributed by atoms with Crippen LogP contribution in [-0.4, -0.2) is 61.7 Å². The molecule has 0 aliphatic carbocycles. The van der Waals surface area contributed by atoms with Crippen LogP contribution < -0.4 is 15.1 Å². The summed E-state index contributed by atoms with van der Waals surface area (Å²) in [5.74, 6) is -0.373. The Balaban J connectivity index is 1.61. The number of hydrogen-bond donors (Lipinski definition) is 3. The summed E-state index contributed by atoms with van der Waals surface area (Å²) >= 11 is 4.17. The summed E-state index contributed by atoms with van der Waals surface area (Å²) in [4.78, 5) is 27.5. The summed E-state index contributed by atoms with van der Waals surface area (Å²) in [6.07, 6.45) is 4.16. The second-order valence-electron chi connectivity index (χ2n) is 9.21. The number of ether oxygens (including phenoxy) is 1. The topological polar surface area (TPSA) is 82.1 Å². The van der Waals surface area contributed by atoms with Crippen LogP contribution in [0.25, 0.3) is 6.08 Å². The van der Waals surface area contributed by atoms with Crippen molar-refractivity contribution < 1.29 is 19.4 Å². The molecule has 0 saturated carbocycles. The fourth-order valence-corrected chi connectivity index (χ4v) is 5.03. The van der Waals surface area contributed by atoms with Crippen molar-refractivity contribution in [1.29, 1.82) is 0 Å². The standard InChI is InChI=1S/C26H31N3O4S/c1-25(2)21-16-19(24(32)27-12-15-34)6-9-22(21)29-13-14-33-26(25,29)11-10-18-4-7-20(8-5-18)28(3)17-23(30)31/h4-11,16,34H,12-15,17H2,1-3H3,(H,27,32)(H,30,31)/b11-10+. The normalized spacial score (nSPS) is 20.3. The Kier molecular flexibility index (Phi) is 6.64. The molecule has 1 unspecified atom stereocenters. The minimum Gasteiger partial charge on any atom is -0.480 e. The highest BCUT2D eigenvalue weighted by atomic mass is 32.1. The van der Waals surface area contributed by atoms with Gasteiger partial charge in [0.05, 0.1) is 6.61 Å². The number of fused-ring (bicyclic) bond motifs is 3. The van der Waals surface area contributed by atoms with E-state index in [1.165, 1.54) is 0 Å². The molecule has 4 rings (SSSR count). The Morgan fingerprint density at radius 1 is 1.24 bits per heavy atom. The Bertz CT molecular complexity index is 1120. The molecule has 2 aliphatic rings. The molecule has 8 heteroatoms. The molecule has 0 aromatic heterocycles. The van der Waals surface area contributed by atoms with Crippen LogP contribution in [0.1, 0.15) is 35.3 Å². The van der Waals surface area contributed by atoms with E-state index in [1.807, 2.05) is 48.5 Å². The van der Waals surface area contributed by atoms with Gasteiger partial charge in [-0.1, -0.05) is 32.1 Å². The summed E-state index contributed by atoms with van der Waals surface area (Å²) in [5.41, 5.74) is 3.59. The summed E-state index contributed by atoms with van der Waals surface area (Å²) in [5, 5.41) is 11.9. The van der Waals surface area contributed by atoms with Gasteiger partial charge in [-0.15, -0.1) is 0 Å². The Labute approximate surface area is 205 Å². The fraction of sp³-hybridized carbons (Fsp3) is 0.385. The molecule has 2 N–H and O–H groups in total. The largest absolute Gasteiger partial charge is 0.480 e. The van der Waals surface area contributed by atoms with Gasteiger partial charge in [-0.3, -0.25) is 9.59 Å². The molecule has 1 amide bonds. The molecule has 1 fully saturated rings. The van der Waals surface area contributed by atoms with Crippen molar-refractivity contribution in [1.82, 2.24) is 5.32 Å². The summed E-state index contributed by atoms with van der Waals surface area (Å²) in [6.45, 7) is 6.17. The SMILES string of the molecule is CN(CC(=O)O)c1ccc(/C=C/C23OCCN2c2ccc(C(=O)NCCS)cc2C3(C)C)cc1. The highest BCUT2D eigenvalue weighted by Gasteiger charge is 2.59. The van der Waals surface area contributed by atoms with E-state index in [2.05, 4.69) is 42.8 Å². The molecule has 0 bridgehead atoms. The average Bonchev–Trinajstić information content (AvgIpc) is 3.32. The second-order valence-corrected chi connectivity index (χ2v) is 9.65. The van der Waals surface area contributed by atoms with Gasteiger partial charge in [-0.2, -0.15) is 12.6 Å². The summed E-state index contributed by atoms with van der Waals surface area (Å²) < 4.78 is 6.41. The van der Waals surface area contributed by atoms with Gasteiger partial charge >= 0.3 is 5.97 Å². The smallest absolute Gasteiger partial charge is 0.323 e. The second kappa shape index (κ2) is 9.35. The number of carboxylic acids is 1. The predicted octanol–water partition coefficient (Wildman–Crippen LogP) is 3.40. The third-order valence-electron chi connectivity index (χ3n) is 6.76. The predicted molar refractivity (Wildman–Crippen MR) is 138 cm³/mol. The van der Waals surface area contributed by atoms with Crippen LogP contribution in [0.5, 0.6) is 0 Å². The quantitative estimate of drug-likeness (QED) is 0.502. The first-order chi connectivity index (χ1) is 16.2. The number of rotatable bonds is 8. The minimum atomic E-state index is -0.866. The van der Waals surface area contributed by atoms with Gasteiger partial charge in [0.2, 0.25) is 0 Å². The van der Waals surface area contributed by atoms with Crippen molar-refractivity contribution in [3.8, 4) is 0 Å². The van der Waals surface area contributed by atoms with E-state index in [-0.39, 0.29) is 12.5 Å². The van der Waals surface area contributed by atoms with Crippen LogP contribution in [0, 0.1) is 0 Å². The van der Waals surface area contributed by atoms with Gasteiger partial charge in [0, 0.05) is 48.2 Å². The Morgan fingerprint density at radius 2 is 1.97 bits per heavy atom. The number of likely N-dealkylation sites (N-methyl/N-ethyl adjacent to an activating group) is 1. The zero-order valence-corrected chi connectivity index (χ0v) is 20.6. The van der Waals surface area contributed by atoms with Crippen molar-refractivity contribution >= 4 is 42.0 Å². The maximum absolute atomic E-state index is 12.5. The number of thiol groups is 1. The van der Waals surface area contributed by atoms with Crippen LogP contribution >= 0.6 is 12.6 Å². The van der Waals surface area contributed by atoms with E-state index in [0.717, 1.165) is 29.0 Å². The number of aliphatic carboxylic acids is 1. The van der Waals surface area contributed by atoms with E-state index >= 15 is 0 Å². The van der Waals surface area contributed by atoms with Gasteiger partial charge in [-0.05, 0) is 47.5 Å². The highest BCUT2D eigenvalue weighted by molar-refractivity contribution is 7.80. The Morgan fingerprint density at radius 3 is 2.65 bits per heavy atom. The van der Waals surface area contributed by atoms with Gasteiger partial charge in [0.1, 0.15) is 6.54 Å². The molecular weight excluding hydrogens is 450 g/mol. The molecule has 2 aromatic rings. The zero-order valence-electron chi connectivity index (χ0n) is 19.7. The van der Waals surface area contributed by atoms with Crippen molar-refractivity contribution in [2.24, 2.45) is 0 Å². The van der Waals surface area contributed by atoms with Crippen molar-refractivity contribution in [3.05, 3.63) is 65.2 Å². The number of benzene rings is 2. The number of carboxylic acid groups (broad SMARTS) is 1. The summed E-state index contributed by atoms with van der Waals surface area (Å²) in [6, 6.07) is 13.6. The number of carbonyl (C=O) groups excluding carboxylic acids is 1. The van der Waals surface area contributed by atoms with Gasteiger partial charge in [0.25, 0.3) is 5.91 Å². The average molecular weight is 482 g/mol. The van der Waals surface area contributed by atoms with Gasteiger partial charge in [-0.25, -0.2) is 0 Å². The fourth-order valence-electron chi connectivity index (χ4n) is 4.92. The third-order valence-corrected chi connectivity index (χ3v) is 6.99. The van der Waals surface area contributed by atoms with E-state index in [0.29, 0.717) is 24.5 Å². The minimum absolute atomic E-state index is 0.0534. The molecule has 2 aliphatic heterocycles. The van der Waals surface area contributed by atoms with Gasteiger partial charge in [0.15, 0.2) is 5.72 Å². The molecule has 2 aromatic carbocycles. The van der Waals surface area contributed by atoms with E-state index < -0.39 is 17.1 Å².